The van der Waals surface area contributed by atoms with Crippen LogP contribution in [0, 0.1) is 27.7 Å². The molecule has 0 spiro atoms. The van der Waals surface area contributed by atoms with Crippen LogP contribution in [0.5, 0.6) is 11.6 Å². The van der Waals surface area contributed by atoms with Crippen molar-refractivity contribution in [3.8, 4) is 11.6 Å². The highest BCUT2D eigenvalue weighted by atomic mass is 79.9. The number of halogens is 1. The largest absolute Gasteiger partial charge is 0.436 e. The molecule has 0 amide bonds. The Kier molecular flexibility index (Phi) is 5.32. The fourth-order valence-corrected chi connectivity index (χ4v) is 3.91. The van der Waals surface area contributed by atoms with Crippen LogP contribution in [0.2, 0.25) is 0 Å². The molecule has 0 bridgehead atoms. The predicted octanol–water partition coefficient (Wildman–Crippen LogP) is 5.98. The van der Waals surface area contributed by atoms with Gasteiger partial charge in [-0.05, 0) is 67.6 Å². The first-order valence-corrected chi connectivity index (χ1v) is 9.83. The van der Waals surface area contributed by atoms with E-state index in [1.165, 1.54) is 5.56 Å². The number of pyridine rings is 1. The highest BCUT2D eigenvalue weighted by Crippen LogP contribution is 2.37. The summed E-state index contributed by atoms with van der Waals surface area (Å²) in [5, 5.41) is 8.82. The maximum absolute atomic E-state index is 6.26. The van der Waals surface area contributed by atoms with E-state index in [1.54, 1.807) is 0 Å². The molecule has 0 saturated carbocycles. The Morgan fingerprint density at radius 1 is 1.08 bits per heavy atom. The third kappa shape index (κ3) is 3.22. The van der Waals surface area contributed by atoms with Crippen LogP contribution in [0.1, 0.15) is 55.1 Å². The van der Waals surface area contributed by atoms with Gasteiger partial charge in [-0.3, -0.25) is 0 Å². The molecule has 3 rings (SSSR count). The van der Waals surface area contributed by atoms with Crippen LogP contribution in [-0.2, 0) is 0 Å². The van der Waals surface area contributed by atoms with E-state index in [4.69, 9.17) is 4.74 Å². The molecule has 0 saturated heterocycles. The molecule has 138 valence electrons. The second-order valence-electron chi connectivity index (χ2n) is 6.85. The van der Waals surface area contributed by atoms with Crippen LogP contribution in [0.4, 0.5) is 0 Å². The Bertz CT molecular complexity index is 937. The number of fused-ring (bicyclic) bond motifs is 1. The second-order valence-corrected chi connectivity index (χ2v) is 7.64. The lowest BCUT2D eigenvalue weighted by molar-refractivity contribution is 0.429. The SMILES string of the molecule is CCC(CC)n1nnc2c(Oc3c(C)cc(C)cc3C)nc(C)c(Br)c21. The monoisotopic (exact) mass is 416 g/mol. The molecule has 0 aliphatic heterocycles. The van der Waals surface area contributed by atoms with Crippen molar-refractivity contribution in [1.29, 1.82) is 0 Å². The molecule has 0 N–H and O–H groups in total. The second kappa shape index (κ2) is 7.35. The number of benzene rings is 1. The van der Waals surface area contributed by atoms with Crippen LogP contribution in [0.3, 0.4) is 0 Å². The highest BCUT2D eigenvalue weighted by Gasteiger charge is 2.22. The summed E-state index contributed by atoms with van der Waals surface area (Å²) < 4.78 is 9.18. The minimum absolute atomic E-state index is 0.300. The molecular formula is C20H25BrN4O. The molecule has 6 heteroatoms. The van der Waals surface area contributed by atoms with Gasteiger partial charge < -0.3 is 4.74 Å². The number of hydrogen-bond acceptors (Lipinski definition) is 4. The fourth-order valence-electron chi connectivity index (χ4n) is 3.45. The molecule has 0 unspecified atom stereocenters. The van der Waals surface area contributed by atoms with E-state index in [0.717, 1.165) is 45.4 Å². The van der Waals surface area contributed by atoms with Crippen molar-refractivity contribution in [2.45, 2.75) is 60.4 Å². The van der Waals surface area contributed by atoms with E-state index in [1.807, 2.05) is 11.6 Å². The number of aryl methyl sites for hydroxylation is 4. The number of aromatic nitrogens is 4. The first-order chi connectivity index (χ1) is 12.4. The van der Waals surface area contributed by atoms with Gasteiger partial charge in [0.1, 0.15) is 11.3 Å². The molecule has 26 heavy (non-hydrogen) atoms. The van der Waals surface area contributed by atoms with Gasteiger partial charge in [0, 0.05) is 0 Å². The molecule has 0 atom stereocenters. The summed E-state index contributed by atoms with van der Waals surface area (Å²) in [6, 6.07) is 4.53. The zero-order valence-electron chi connectivity index (χ0n) is 16.2. The maximum atomic E-state index is 6.26. The van der Waals surface area contributed by atoms with Crippen molar-refractivity contribution in [2.75, 3.05) is 0 Å². The molecule has 3 aromatic rings. The average Bonchev–Trinajstić information content (AvgIpc) is 3.02. The van der Waals surface area contributed by atoms with Crippen LogP contribution in [0.15, 0.2) is 16.6 Å². The average molecular weight is 417 g/mol. The molecular weight excluding hydrogens is 392 g/mol. The lowest BCUT2D eigenvalue weighted by Crippen LogP contribution is -2.09. The van der Waals surface area contributed by atoms with Gasteiger partial charge >= 0.3 is 0 Å². The topological polar surface area (TPSA) is 52.8 Å². The molecule has 1 aromatic carbocycles. The fraction of sp³-hybridized carbons (Fsp3) is 0.450. The lowest BCUT2D eigenvalue weighted by Gasteiger charge is -2.16. The Morgan fingerprint density at radius 2 is 1.69 bits per heavy atom. The van der Waals surface area contributed by atoms with Gasteiger partial charge in [0.05, 0.1) is 16.2 Å². The molecule has 2 heterocycles. The van der Waals surface area contributed by atoms with E-state index >= 15 is 0 Å². The molecule has 2 aromatic heterocycles. The summed E-state index contributed by atoms with van der Waals surface area (Å²) in [4.78, 5) is 4.64. The zero-order chi connectivity index (χ0) is 19.0. The van der Waals surface area contributed by atoms with E-state index in [9.17, 15) is 0 Å². The Morgan fingerprint density at radius 3 is 2.27 bits per heavy atom. The Balaban J connectivity index is 2.18. The van der Waals surface area contributed by atoms with Gasteiger partial charge in [-0.15, -0.1) is 5.10 Å². The number of hydrogen-bond donors (Lipinski definition) is 0. The molecule has 5 nitrogen and oxygen atoms in total. The van der Waals surface area contributed by atoms with E-state index < -0.39 is 0 Å². The standard InChI is InChI=1S/C20H25BrN4O/c1-7-15(8-2)25-18-16(21)14(6)22-20(17(18)23-24-25)26-19-12(4)9-11(3)10-13(19)5/h9-10,15H,7-8H2,1-6H3. The van der Waals surface area contributed by atoms with Gasteiger partial charge in [0.2, 0.25) is 5.88 Å². The van der Waals surface area contributed by atoms with Crippen LogP contribution >= 0.6 is 15.9 Å². The van der Waals surface area contributed by atoms with Crippen molar-refractivity contribution in [3.05, 3.63) is 39.0 Å². The summed E-state index contributed by atoms with van der Waals surface area (Å²) in [6.45, 7) is 12.5. The van der Waals surface area contributed by atoms with Crippen molar-refractivity contribution in [1.82, 2.24) is 20.0 Å². The first kappa shape index (κ1) is 18.8. The first-order valence-electron chi connectivity index (χ1n) is 9.04. The quantitative estimate of drug-likeness (QED) is 0.513. The van der Waals surface area contributed by atoms with Gasteiger partial charge in [0.15, 0.2) is 5.52 Å². The van der Waals surface area contributed by atoms with E-state index in [-0.39, 0.29) is 0 Å². The Labute approximate surface area is 162 Å². The van der Waals surface area contributed by atoms with Gasteiger partial charge in [-0.25, -0.2) is 9.67 Å². The smallest absolute Gasteiger partial charge is 0.250 e. The van der Waals surface area contributed by atoms with Gasteiger partial charge in [-0.2, -0.15) is 0 Å². The lowest BCUT2D eigenvalue weighted by atomic mass is 10.1. The summed E-state index contributed by atoms with van der Waals surface area (Å²) in [5.41, 5.74) is 5.90. The molecule has 0 aliphatic carbocycles. The van der Waals surface area contributed by atoms with E-state index in [0.29, 0.717) is 17.4 Å². The van der Waals surface area contributed by atoms with Crippen LogP contribution in [-0.4, -0.2) is 20.0 Å². The zero-order valence-corrected chi connectivity index (χ0v) is 17.8. The minimum atomic E-state index is 0.300. The van der Waals surface area contributed by atoms with Gasteiger partial charge in [-0.1, -0.05) is 36.8 Å². The number of nitrogens with zero attached hydrogens (tertiary/aromatic N) is 4. The van der Waals surface area contributed by atoms with Crippen molar-refractivity contribution >= 4 is 27.0 Å². The van der Waals surface area contributed by atoms with Crippen molar-refractivity contribution in [2.24, 2.45) is 0 Å². The van der Waals surface area contributed by atoms with Crippen LogP contribution < -0.4 is 4.74 Å². The molecule has 0 fully saturated rings. The summed E-state index contributed by atoms with van der Waals surface area (Å²) in [7, 11) is 0. The van der Waals surface area contributed by atoms with E-state index in [2.05, 4.69) is 78.0 Å². The summed E-state index contributed by atoms with van der Waals surface area (Å²) >= 11 is 3.68. The normalized spacial score (nSPS) is 11.5. The van der Waals surface area contributed by atoms with Crippen molar-refractivity contribution in [3.63, 3.8) is 0 Å². The van der Waals surface area contributed by atoms with Crippen molar-refractivity contribution < 1.29 is 4.74 Å². The third-order valence-electron chi connectivity index (χ3n) is 4.78. The highest BCUT2D eigenvalue weighted by molar-refractivity contribution is 9.10. The number of ether oxygens (including phenoxy) is 1. The molecule has 0 aliphatic rings. The minimum Gasteiger partial charge on any atom is -0.436 e. The summed E-state index contributed by atoms with van der Waals surface area (Å²) in [5.74, 6) is 1.34. The predicted molar refractivity (Wildman–Crippen MR) is 108 cm³/mol. The number of rotatable bonds is 5. The third-order valence-corrected chi connectivity index (χ3v) is 5.73. The van der Waals surface area contributed by atoms with Gasteiger partial charge in [0.25, 0.3) is 0 Å². The molecule has 0 radical (unpaired) electrons. The summed E-state index contributed by atoms with van der Waals surface area (Å²) in [6.07, 6.45) is 1.99. The Hall–Kier alpha value is -1.95. The maximum Gasteiger partial charge on any atom is 0.250 e. The van der Waals surface area contributed by atoms with Crippen LogP contribution in [0.25, 0.3) is 11.0 Å².